The van der Waals surface area contributed by atoms with Crippen LogP contribution in [0.3, 0.4) is 0 Å². The first-order chi connectivity index (χ1) is 21.8. The Morgan fingerprint density at radius 2 is 1.84 bits per heavy atom. The van der Waals surface area contributed by atoms with Gasteiger partial charge in [-0.05, 0) is 53.6 Å². The smallest absolute Gasteiger partial charge is 0.330 e. The molecule has 0 amide bonds. The van der Waals surface area contributed by atoms with Crippen LogP contribution in [0, 0.1) is 5.92 Å². The molecule has 3 aromatic rings. The number of carboxylic acids is 1. The first-order valence-corrected chi connectivity index (χ1v) is 16.1. The number of hydrogen-bond donors (Lipinski definition) is 1. The number of ether oxygens (including phenoxy) is 3. The lowest BCUT2D eigenvalue weighted by atomic mass is 9.87. The Kier molecular flexibility index (Phi) is 12.3. The molecule has 10 heteroatoms. The van der Waals surface area contributed by atoms with Crippen molar-refractivity contribution in [1.29, 1.82) is 0 Å². The molecule has 1 aromatic heterocycles. The van der Waals surface area contributed by atoms with Crippen LogP contribution in [-0.2, 0) is 31.4 Å². The zero-order valence-electron chi connectivity index (χ0n) is 27.0. The molecule has 1 N–H and O–H groups in total. The number of nitrogens with zero attached hydrogens (tertiary/aromatic N) is 3. The highest BCUT2D eigenvalue weighted by molar-refractivity contribution is 5.68. The van der Waals surface area contributed by atoms with Gasteiger partial charge in [-0.15, -0.1) is 0 Å². The van der Waals surface area contributed by atoms with Crippen molar-refractivity contribution in [2.24, 2.45) is 13.0 Å². The van der Waals surface area contributed by atoms with E-state index in [1.165, 1.54) is 36.1 Å². The number of aromatic nitrogens is 2. The molecule has 10 nitrogen and oxygen atoms in total. The summed E-state index contributed by atoms with van der Waals surface area (Å²) in [4.78, 5) is 38.9. The van der Waals surface area contributed by atoms with E-state index in [4.69, 9.17) is 14.2 Å². The zero-order valence-corrected chi connectivity index (χ0v) is 27.0. The molecule has 1 fully saturated rings. The quantitative estimate of drug-likeness (QED) is 0.278. The van der Waals surface area contributed by atoms with Crippen LogP contribution in [-0.4, -0.2) is 52.0 Å². The lowest BCUT2D eigenvalue weighted by Gasteiger charge is -2.36. The fourth-order valence-corrected chi connectivity index (χ4v) is 6.27. The topological polar surface area (TPSA) is 112 Å². The highest BCUT2D eigenvalue weighted by atomic mass is 16.5. The number of rotatable bonds is 13. The van der Waals surface area contributed by atoms with E-state index < -0.39 is 11.7 Å². The van der Waals surface area contributed by atoms with Crippen molar-refractivity contribution in [2.75, 3.05) is 26.9 Å². The molecule has 244 valence electrons. The maximum atomic E-state index is 12.3. The molecule has 0 radical (unpaired) electrons. The third kappa shape index (κ3) is 8.78. The molecule has 1 atom stereocenters. The van der Waals surface area contributed by atoms with Gasteiger partial charge in [-0.1, -0.05) is 51.3 Å². The van der Waals surface area contributed by atoms with Crippen molar-refractivity contribution in [3.05, 3.63) is 86.2 Å². The Bertz CT molecular complexity index is 1540. The molecule has 5 rings (SSSR count). The van der Waals surface area contributed by atoms with Crippen LogP contribution in [0.1, 0.15) is 75.1 Å². The number of aryl methyl sites for hydroxylation is 1. The number of benzene rings is 2. The molecule has 45 heavy (non-hydrogen) atoms. The minimum absolute atomic E-state index is 0.00299. The molecular formula is C35H47N3O7. The van der Waals surface area contributed by atoms with Gasteiger partial charge in [-0.2, -0.15) is 0 Å². The lowest BCUT2D eigenvalue weighted by Crippen LogP contribution is -2.39. The first-order valence-electron chi connectivity index (χ1n) is 16.1. The molecule has 2 aromatic carbocycles. The van der Waals surface area contributed by atoms with E-state index in [1.54, 1.807) is 14.2 Å². The van der Waals surface area contributed by atoms with Gasteiger partial charge in [0.2, 0.25) is 0 Å². The minimum Gasteiger partial charge on any atom is -0.493 e. The number of methoxy groups -OCH3 is 1. The summed E-state index contributed by atoms with van der Waals surface area (Å²) >= 11 is 0. The summed E-state index contributed by atoms with van der Waals surface area (Å²) < 4.78 is 19.8. The normalized spacial score (nSPS) is 15.0. The van der Waals surface area contributed by atoms with Gasteiger partial charge in [0.15, 0.2) is 11.5 Å². The molecule has 1 aliphatic carbocycles. The van der Waals surface area contributed by atoms with E-state index in [9.17, 15) is 19.5 Å². The number of hydrogen-bond acceptors (Lipinski definition) is 7. The summed E-state index contributed by atoms with van der Waals surface area (Å²) in [6.45, 7) is 6.24. The average molecular weight is 622 g/mol. The van der Waals surface area contributed by atoms with E-state index in [2.05, 4.69) is 11.0 Å². The fourth-order valence-electron chi connectivity index (χ4n) is 6.27. The average Bonchev–Trinajstić information content (AvgIpc) is 3.53. The summed E-state index contributed by atoms with van der Waals surface area (Å²) in [5.74, 6) is 1.61. The molecular weight excluding hydrogens is 574 g/mol. The van der Waals surface area contributed by atoms with E-state index >= 15 is 0 Å². The van der Waals surface area contributed by atoms with E-state index in [1.807, 2.05) is 44.2 Å². The predicted octanol–water partition coefficient (Wildman–Crippen LogP) is 5.19. The first kappa shape index (κ1) is 33.8. The van der Waals surface area contributed by atoms with Gasteiger partial charge in [-0.25, -0.2) is 4.79 Å². The summed E-state index contributed by atoms with van der Waals surface area (Å²) in [7, 11) is 3.17. The molecule has 0 saturated heterocycles. The van der Waals surface area contributed by atoms with Gasteiger partial charge in [0, 0.05) is 44.9 Å². The van der Waals surface area contributed by atoms with Gasteiger partial charge in [0.1, 0.15) is 12.4 Å². The third-order valence-corrected chi connectivity index (χ3v) is 8.55. The third-order valence-electron chi connectivity index (χ3n) is 8.55. The Hall–Kier alpha value is -4.05. The van der Waals surface area contributed by atoms with Crippen molar-refractivity contribution in [2.45, 2.75) is 77.9 Å². The Balaban J connectivity index is 0.00000226. The molecule has 0 spiro atoms. The second-order valence-electron chi connectivity index (χ2n) is 11.5. The largest absolute Gasteiger partial charge is 0.493 e. The summed E-state index contributed by atoms with van der Waals surface area (Å²) in [6.07, 6.45) is 8.25. The van der Waals surface area contributed by atoms with Crippen LogP contribution in [0.4, 0.5) is 0 Å². The van der Waals surface area contributed by atoms with Crippen LogP contribution in [0.25, 0.3) is 0 Å². The lowest BCUT2D eigenvalue weighted by molar-refractivity contribution is -0.138. The Morgan fingerprint density at radius 1 is 1.07 bits per heavy atom. The molecule has 1 aliphatic heterocycles. The number of carbonyl (C=O) groups is 1. The maximum Gasteiger partial charge on any atom is 0.330 e. The standard InChI is InChI=1S/C33H41N3O7.C2H6/c1-34-14-12-31(37)36(33(34)40)15-17-43-29-10-8-24(18-30(29)41-2)22-35(21-23-6-4-3-5-7-23)27(20-32(38)39)25-9-11-28-26(19-25)13-16-42-28;1-2/h8-12,14,18-19,23,27H,3-7,13,15-17,20-22H2,1-2H3,(H,38,39);1-2H3. The minimum atomic E-state index is -0.830. The van der Waals surface area contributed by atoms with E-state index in [-0.39, 0.29) is 31.2 Å². The van der Waals surface area contributed by atoms with Gasteiger partial charge < -0.3 is 23.9 Å². The highest BCUT2D eigenvalue weighted by Crippen LogP contribution is 2.36. The van der Waals surface area contributed by atoms with Crippen molar-refractivity contribution in [3.8, 4) is 17.2 Å². The van der Waals surface area contributed by atoms with Gasteiger partial charge in [0.05, 0.1) is 26.7 Å². The van der Waals surface area contributed by atoms with Crippen LogP contribution in [0.5, 0.6) is 17.2 Å². The molecule has 1 unspecified atom stereocenters. The molecule has 2 aliphatic rings. The number of aliphatic carboxylic acids is 1. The highest BCUT2D eigenvalue weighted by Gasteiger charge is 2.28. The Labute approximate surface area is 265 Å². The van der Waals surface area contributed by atoms with Crippen molar-refractivity contribution < 1.29 is 24.1 Å². The van der Waals surface area contributed by atoms with Gasteiger partial charge in [-0.3, -0.25) is 19.1 Å². The molecule has 2 heterocycles. The fraction of sp³-hybridized carbons (Fsp3) is 0.514. The summed E-state index contributed by atoms with van der Waals surface area (Å²) in [6, 6.07) is 12.9. The summed E-state index contributed by atoms with van der Waals surface area (Å²) in [5.41, 5.74) is 2.33. The molecule has 1 saturated carbocycles. The second kappa shape index (κ2) is 16.3. The van der Waals surface area contributed by atoms with E-state index in [0.29, 0.717) is 30.6 Å². The monoisotopic (exact) mass is 621 g/mol. The van der Waals surface area contributed by atoms with Crippen LogP contribution < -0.4 is 25.5 Å². The van der Waals surface area contributed by atoms with E-state index in [0.717, 1.165) is 52.8 Å². The second-order valence-corrected chi connectivity index (χ2v) is 11.5. The van der Waals surface area contributed by atoms with Crippen molar-refractivity contribution >= 4 is 5.97 Å². The number of fused-ring (bicyclic) bond motifs is 1. The van der Waals surface area contributed by atoms with Crippen LogP contribution in [0.15, 0.2) is 58.3 Å². The predicted molar refractivity (Wildman–Crippen MR) is 173 cm³/mol. The zero-order chi connectivity index (χ0) is 32.3. The summed E-state index contributed by atoms with van der Waals surface area (Å²) in [5, 5.41) is 9.96. The van der Waals surface area contributed by atoms with Crippen LogP contribution >= 0.6 is 0 Å². The number of carboxylic acid groups (broad SMARTS) is 1. The van der Waals surface area contributed by atoms with Gasteiger partial charge in [0.25, 0.3) is 5.56 Å². The van der Waals surface area contributed by atoms with Crippen molar-refractivity contribution in [3.63, 3.8) is 0 Å². The maximum absolute atomic E-state index is 12.3. The Morgan fingerprint density at radius 3 is 2.58 bits per heavy atom. The van der Waals surface area contributed by atoms with Gasteiger partial charge >= 0.3 is 11.7 Å². The molecule has 0 bridgehead atoms. The van der Waals surface area contributed by atoms with Crippen molar-refractivity contribution in [1.82, 2.24) is 14.0 Å². The SMILES string of the molecule is CC.COc1cc(CN(CC2CCCCC2)C(CC(=O)O)c2ccc3c(c2)CCO3)ccc1OCCn1c(=O)ccn(C)c1=O. The van der Waals surface area contributed by atoms with Crippen LogP contribution in [0.2, 0.25) is 0 Å².